The highest BCUT2D eigenvalue weighted by molar-refractivity contribution is 5.88. The summed E-state index contributed by atoms with van der Waals surface area (Å²) in [6.45, 7) is 1.33. The molecule has 0 aliphatic rings. The van der Waals surface area contributed by atoms with Crippen molar-refractivity contribution in [3.05, 3.63) is 65.5 Å². The molecule has 25 heavy (non-hydrogen) atoms. The van der Waals surface area contributed by atoms with E-state index in [9.17, 15) is 22.0 Å². The molecule has 0 saturated carbocycles. The molecule has 1 atom stereocenters. The number of halogens is 5. The number of aromatic nitrogens is 2. The van der Waals surface area contributed by atoms with E-state index < -0.39 is 35.1 Å². The van der Waals surface area contributed by atoms with Crippen molar-refractivity contribution < 1.29 is 22.0 Å². The van der Waals surface area contributed by atoms with Gasteiger partial charge in [0.2, 0.25) is 0 Å². The van der Waals surface area contributed by atoms with Crippen LogP contribution in [0.2, 0.25) is 0 Å². The Labute approximate surface area is 139 Å². The Morgan fingerprint density at radius 3 is 2.44 bits per heavy atom. The molecule has 0 aliphatic heterocycles. The van der Waals surface area contributed by atoms with Crippen LogP contribution in [0, 0.1) is 18.6 Å². The van der Waals surface area contributed by atoms with Crippen molar-refractivity contribution in [3.63, 3.8) is 0 Å². The molecule has 0 bridgehead atoms. The van der Waals surface area contributed by atoms with Gasteiger partial charge in [0.25, 0.3) is 0 Å². The Morgan fingerprint density at radius 1 is 1.04 bits per heavy atom. The largest absolute Gasteiger partial charge is 0.412 e. The number of rotatable bonds is 3. The maximum atomic E-state index is 14.5. The summed E-state index contributed by atoms with van der Waals surface area (Å²) in [6, 6.07) is 5.09. The van der Waals surface area contributed by atoms with Crippen molar-refractivity contribution in [1.82, 2.24) is 9.97 Å². The molecule has 0 saturated heterocycles. The molecular weight excluding hydrogens is 341 g/mol. The summed E-state index contributed by atoms with van der Waals surface area (Å²) in [5, 5.41) is 2.09. The number of aryl methyl sites for hydroxylation is 1. The van der Waals surface area contributed by atoms with Crippen molar-refractivity contribution in [1.29, 1.82) is 0 Å². The molecule has 0 spiro atoms. The third-order valence-corrected chi connectivity index (χ3v) is 3.68. The van der Waals surface area contributed by atoms with Gasteiger partial charge in [0.15, 0.2) is 11.9 Å². The van der Waals surface area contributed by atoms with Crippen molar-refractivity contribution >= 4 is 16.7 Å². The molecule has 0 unspecified atom stereocenters. The van der Waals surface area contributed by atoms with Gasteiger partial charge in [-0.05, 0) is 25.1 Å². The summed E-state index contributed by atoms with van der Waals surface area (Å²) in [5.74, 6) is -2.00. The zero-order valence-electron chi connectivity index (χ0n) is 12.9. The van der Waals surface area contributed by atoms with Crippen LogP contribution in [0.15, 0.2) is 42.6 Å². The van der Waals surface area contributed by atoms with Crippen LogP contribution in [0.3, 0.4) is 0 Å². The third kappa shape index (κ3) is 3.24. The van der Waals surface area contributed by atoms with Crippen LogP contribution in [0.1, 0.15) is 17.3 Å². The lowest BCUT2D eigenvalue weighted by molar-refractivity contribution is -0.144. The summed E-state index contributed by atoms with van der Waals surface area (Å²) < 4.78 is 68.9. The minimum Gasteiger partial charge on any atom is -0.366 e. The molecule has 3 nitrogen and oxygen atoms in total. The molecular formula is C17H12F5N3. The number of hydrogen-bond acceptors (Lipinski definition) is 3. The van der Waals surface area contributed by atoms with Crippen LogP contribution < -0.4 is 5.32 Å². The number of alkyl halides is 3. The van der Waals surface area contributed by atoms with E-state index in [1.54, 1.807) is 0 Å². The second-order valence-electron chi connectivity index (χ2n) is 5.40. The first-order valence-corrected chi connectivity index (χ1v) is 7.27. The molecule has 130 valence electrons. The molecule has 1 aromatic carbocycles. The van der Waals surface area contributed by atoms with E-state index in [1.165, 1.54) is 37.4 Å². The Kier molecular flexibility index (Phi) is 4.28. The van der Waals surface area contributed by atoms with E-state index in [2.05, 4.69) is 15.3 Å². The fraction of sp³-hybridized carbons (Fsp3) is 0.176. The van der Waals surface area contributed by atoms with Crippen molar-refractivity contribution in [2.45, 2.75) is 19.1 Å². The number of nitrogens with one attached hydrogen (secondary N) is 1. The number of fused-ring (bicyclic) bond motifs is 1. The van der Waals surface area contributed by atoms with Crippen LogP contribution in [-0.2, 0) is 0 Å². The van der Waals surface area contributed by atoms with Gasteiger partial charge in [0, 0.05) is 11.8 Å². The summed E-state index contributed by atoms with van der Waals surface area (Å²) in [5.41, 5.74) is -1.01. The number of nitrogens with zero attached hydrogens (tertiary/aromatic N) is 2. The van der Waals surface area contributed by atoms with Gasteiger partial charge in [-0.3, -0.25) is 4.98 Å². The van der Waals surface area contributed by atoms with E-state index in [1.807, 2.05) is 0 Å². The SMILES string of the molecule is Cc1nc2cccnc2c(N[C@@H](c2ccccc2F)C(F)(F)F)c1F. The fourth-order valence-corrected chi connectivity index (χ4v) is 2.52. The average molecular weight is 353 g/mol. The number of anilines is 1. The zero-order valence-corrected chi connectivity index (χ0v) is 12.9. The molecule has 3 aromatic rings. The maximum absolute atomic E-state index is 14.5. The van der Waals surface area contributed by atoms with E-state index >= 15 is 0 Å². The van der Waals surface area contributed by atoms with Gasteiger partial charge in [-0.1, -0.05) is 18.2 Å². The van der Waals surface area contributed by atoms with Crippen molar-refractivity contribution in [2.24, 2.45) is 0 Å². The van der Waals surface area contributed by atoms with Gasteiger partial charge in [0.1, 0.15) is 17.0 Å². The molecule has 1 N–H and O–H groups in total. The second kappa shape index (κ2) is 6.27. The molecule has 0 fully saturated rings. The summed E-state index contributed by atoms with van der Waals surface area (Å²) in [6.07, 6.45) is -3.54. The highest BCUT2D eigenvalue weighted by Crippen LogP contribution is 2.38. The van der Waals surface area contributed by atoms with E-state index in [0.29, 0.717) is 0 Å². The monoisotopic (exact) mass is 353 g/mol. The number of benzene rings is 1. The molecule has 2 aromatic heterocycles. The molecule has 0 aliphatic carbocycles. The molecule has 3 rings (SSSR count). The second-order valence-corrected chi connectivity index (χ2v) is 5.40. The lowest BCUT2D eigenvalue weighted by Gasteiger charge is -2.24. The maximum Gasteiger partial charge on any atom is 0.412 e. The first-order valence-electron chi connectivity index (χ1n) is 7.27. The van der Waals surface area contributed by atoms with Gasteiger partial charge in [-0.15, -0.1) is 0 Å². The Morgan fingerprint density at radius 2 is 1.76 bits per heavy atom. The molecule has 2 heterocycles. The van der Waals surface area contributed by atoms with Gasteiger partial charge in [-0.25, -0.2) is 13.8 Å². The Hall–Kier alpha value is -2.77. The average Bonchev–Trinajstić information content (AvgIpc) is 2.55. The van der Waals surface area contributed by atoms with Crippen LogP contribution in [0.5, 0.6) is 0 Å². The highest BCUT2D eigenvalue weighted by atomic mass is 19.4. The topological polar surface area (TPSA) is 37.8 Å². The molecule has 8 heteroatoms. The summed E-state index contributed by atoms with van der Waals surface area (Å²) in [4.78, 5) is 7.87. The fourth-order valence-electron chi connectivity index (χ4n) is 2.52. The van der Waals surface area contributed by atoms with Crippen LogP contribution in [0.4, 0.5) is 27.6 Å². The first kappa shape index (κ1) is 17.1. The third-order valence-electron chi connectivity index (χ3n) is 3.68. The normalized spacial score (nSPS) is 13.0. The van der Waals surface area contributed by atoms with Crippen LogP contribution in [-0.4, -0.2) is 16.1 Å². The predicted molar refractivity (Wildman–Crippen MR) is 83.1 cm³/mol. The van der Waals surface area contributed by atoms with E-state index in [4.69, 9.17) is 0 Å². The standard InChI is InChI=1S/C17H12F5N3/c1-9-13(19)15(14-12(24-9)7-4-8-23-14)25-16(17(20,21)22)10-5-2-3-6-11(10)18/h2-8,16H,1H3,(H,24,25)/t16-/m0/s1. The Bertz CT molecular complexity index is 924. The minimum absolute atomic E-state index is 0.0591. The van der Waals surface area contributed by atoms with Gasteiger partial charge in [0.05, 0.1) is 11.2 Å². The highest BCUT2D eigenvalue weighted by Gasteiger charge is 2.43. The van der Waals surface area contributed by atoms with Crippen LogP contribution >= 0.6 is 0 Å². The lowest BCUT2D eigenvalue weighted by Crippen LogP contribution is -2.29. The van der Waals surface area contributed by atoms with Crippen molar-refractivity contribution in [2.75, 3.05) is 5.32 Å². The van der Waals surface area contributed by atoms with Gasteiger partial charge < -0.3 is 5.32 Å². The smallest absolute Gasteiger partial charge is 0.366 e. The van der Waals surface area contributed by atoms with Crippen molar-refractivity contribution in [3.8, 4) is 0 Å². The number of hydrogen-bond donors (Lipinski definition) is 1. The molecule has 0 radical (unpaired) electrons. The van der Waals surface area contributed by atoms with Crippen LogP contribution in [0.25, 0.3) is 11.0 Å². The predicted octanol–water partition coefficient (Wildman–Crippen LogP) is 4.93. The minimum atomic E-state index is -4.85. The van der Waals surface area contributed by atoms with E-state index in [0.717, 1.165) is 12.1 Å². The van der Waals surface area contributed by atoms with Gasteiger partial charge in [-0.2, -0.15) is 13.2 Å². The quantitative estimate of drug-likeness (QED) is 0.679. The Balaban J connectivity index is 2.18. The van der Waals surface area contributed by atoms with Gasteiger partial charge >= 0.3 is 6.18 Å². The zero-order chi connectivity index (χ0) is 18.2. The lowest BCUT2D eigenvalue weighted by atomic mass is 10.0. The number of pyridine rings is 2. The first-order chi connectivity index (χ1) is 11.8. The van der Waals surface area contributed by atoms with E-state index in [-0.39, 0.29) is 16.7 Å². The summed E-state index contributed by atoms with van der Waals surface area (Å²) >= 11 is 0. The molecule has 0 amide bonds. The summed E-state index contributed by atoms with van der Waals surface area (Å²) in [7, 11) is 0.